The number of para-hydroxylation sites is 1. The lowest BCUT2D eigenvalue weighted by Crippen LogP contribution is -2.10. The number of rotatable bonds is 4. The second-order valence-corrected chi connectivity index (χ2v) is 4.77. The minimum atomic E-state index is -0.484. The first-order chi connectivity index (χ1) is 10.0. The molecule has 2 rings (SSSR count). The molecule has 0 heterocycles. The van der Waals surface area contributed by atoms with Gasteiger partial charge in [0.05, 0.1) is 29.1 Å². The van der Waals surface area contributed by atoms with Crippen LogP contribution in [0.1, 0.15) is 15.9 Å². The maximum Gasteiger partial charge on any atom is 0.340 e. The smallest absolute Gasteiger partial charge is 0.340 e. The van der Waals surface area contributed by atoms with E-state index in [9.17, 15) is 9.18 Å². The topological polar surface area (TPSA) is 64.3 Å². The zero-order valence-corrected chi connectivity index (χ0v) is 12.1. The number of halogens is 2. The molecule has 0 radical (unpaired) electrons. The van der Waals surface area contributed by atoms with Gasteiger partial charge in [-0.1, -0.05) is 23.7 Å². The Bertz CT molecular complexity index is 677. The molecule has 0 saturated carbocycles. The predicted octanol–water partition coefficient (Wildman–Crippen LogP) is 3.46. The van der Waals surface area contributed by atoms with Crippen molar-refractivity contribution in [3.05, 3.63) is 58.4 Å². The molecule has 2 aromatic carbocycles. The van der Waals surface area contributed by atoms with Crippen molar-refractivity contribution in [1.29, 1.82) is 0 Å². The number of carbonyl (C=O) groups is 1. The van der Waals surface area contributed by atoms with Gasteiger partial charge >= 0.3 is 5.97 Å². The van der Waals surface area contributed by atoms with Gasteiger partial charge in [0, 0.05) is 6.54 Å². The Hall–Kier alpha value is -2.27. The Morgan fingerprint density at radius 2 is 2.14 bits per heavy atom. The highest BCUT2D eigenvalue weighted by atomic mass is 35.5. The summed E-state index contributed by atoms with van der Waals surface area (Å²) in [5.74, 6) is -0.961. The van der Waals surface area contributed by atoms with E-state index >= 15 is 0 Å². The van der Waals surface area contributed by atoms with Crippen molar-refractivity contribution in [1.82, 2.24) is 0 Å². The van der Waals surface area contributed by atoms with Crippen molar-refractivity contribution in [2.45, 2.75) is 6.54 Å². The van der Waals surface area contributed by atoms with Crippen LogP contribution in [0.25, 0.3) is 0 Å². The third-order valence-electron chi connectivity index (χ3n) is 2.96. The van der Waals surface area contributed by atoms with Crippen LogP contribution < -0.4 is 11.1 Å². The molecule has 0 aromatic heterocycles. The van der Waals surface area contributed by atoms with Crippen molar-refractivity contribution in [2.24, 2.45) is 0 Å². The molecule has 4 nitrogen and oxygen atoms in total. The molecule has 0 spiro atoms. The molecule has 0 saturated heterocycles. The second kappa shape index (κ2) is 6.45. The van der Waals surface area contributed by atoms with Gasteiger partial charge in [0.15, 0.2) is 0 Å². The zero-order chi connectivity index (χ0) is 15.4. The molecule has 0 fully saturated rings. The highest BCUT2D eigenvalue weighted by molar-refractivity contribution is 6.30. The molecule has 110 valence electrons. The maximum absolute atomic E-state index is 13.1. The Morgan fingerprint density at radius 3 is 2.81 bits per heavy atom. The molecule has 0 bridgehead atoms. The quantitative estimate of drug-likeness (QED) is 0.670. The Morgan fingerprint density at radius 1 is 1.38 bits per heavy atom. The van der Waals surface area contributed by atoms with Crippen LogP contribution in [0, 0.1) is 5.82 Å². The normalized spacial score (nSPS) is 10.2. The lowest BCUT2D eigenvalue weighted by atomic mass is 10.1. The van der Waals surface area contributed by atoms with Crippen LogP contribution in [0.2, 0.25) is 5.02 Å². The molecule has 2 aromatic rings. The summed E-state index contributed by atoms with van der Waals surface area (Å²) in [7, 11) is 1.30. The van der Waals surface area contributed by atoms with Crippen molar-refractivity contribution in [3.8, 4) is 0 Å². The molecule has 0 amide bonds. The van der Waals surface area contributed by atoms with E-state index < -0.39 is 11.8 Å². The summed E-state index contributed by atoms with van der Waals surface area (Å²) in [6.07, 6.45) is 0. The molecule has 0 unspecified atom stereocenters. The molecular formula is C15H14ClFN2O2. The van der Waals surface area contributed by atoms with Crippen LogP contribution in [-0.4, -0.2) is 13.1 Å². The van der Waals surface area contributed by atoms with E-state index in [0.717, 1.165) is 5.56 Å². The fourth-order valence-electron chi connectivity index (χ4n) is 1.89. The first-order valence-corrected chi connectivity index (χ1v) is 6.55. The van der Waals surface area contributed by atoms with E-state index in [1.807, 2.05) is 0 Å². The predicted molar refractivity (Wildman–Crippen MR) is 80.9 cm³/mol. The van der Waals surface area contributed by atoms with Gasteiger partial charge in [-0.05, 0) is 29.8 Å². The van der Waals surface area contributed by atoms with Crippen molar-refractivity contribution < 1.29 is 13.9 Å². The summed E-state index contributed by atoms with van der Waals surface area (Å²) < 4.78 is 17.8. The monoisotopic (exact) mass is 308 g/mol. The molecule has 0 atom stereocenters. The van der Waals surface area contributed by atoms with Crippen LogP contribution in [0.15, 0.2) is 36.4 Å². The Balaban J connectivity index is 2.23. The number of methoxy groups -OCH3 is 1. The van der Waals surface area contributed by atoms with E-state index in [-0.39, 0.29) is 5.02 Å². The second-order valence-electron chi connectivity index (χ2n) is 4.36. The van der Waals surface area contributed by atoms with Gasteiger partial charge in [0.25, 0.3) is 0 Å². The van der Waals surface area contributed by atoms with E-state index in [1.54, 1.807) is 24.3 Å². The molecule has 3 N–H and O–H groups in total. The first kappa shape index (κ1) is 15.1. The number of hydrogen-bond donors (Lipinski definition) is 2. The van der Waals surface area contributed by atoms with E-state index in [4.69, 9.17) is 22.1 Å². The molecule has 6 heteroatoms. The first-order valence-electron chi connectivity index (χ1n) is 6.17. The minimum Gasteiger partial charge on any atom is -0.465 e. The van der Waals surface area contributed by atoms with Gasteiger partial charge in [-0.3, -0.25) is 0 Å². The number of nitrogen functional groups attached to an aromatic ring is 1. The average Bonchev–Trinajstić information content (AvgIpc) is 2.48. The fourth-order valence-corrected chi connectivity index (χ4v) is 2.09. The molecule has 0 aliphatic carbocycles. The van der Waals surface area contributed by atoms with E-state index in [2.05, 4.69) is 5.32 Å². The van der Waals surface area contributed by atoms with Crippen LogP contribution in [0.4, 0.5) is 15.8 Å². The van der Waals surface area contributed by atoms with Gasteiger partial charge in [0.2, 0.25) is 0 Å². The average molecular weight is 309 g/mol. The summed E-state index contributed by atoms with van der Waals surface area (Å²) in [6, 6.07) is 9.36. The minimum absolute atomic E-state index is 0.0449. The van der Waals surface area contributed by atoms with Crippen molar-refractivity contribution in [3.63, 3.8) is 0 Å². The van der Waals surface area contributed by atoms with Crippen LogP contribution in [0.3, 0.4) is 0 Å². The largest absolute Gasteiger partial charge is 0.465 e. The zero-order valence-electron chi connectivity index (χ0n) is 11.3. The third kappa shape index (κ3) is 3.44. The highest BCUT2D eigenvalue weighted by Crippen LogP contribution is 2.25. The molecular weight excluding hydrogens is 295 g/mol. The third-order valence-corrected chi connectivity index (χ3v) is 3.24. The maximum atomic E-state index is 13.1. The van der Waals surface area contributed by atoms with Crippen LogP contribution in [0.5, 0.6) is 0 Å². The highest BCUT2D eigenvalue weighted by Gasteiger charge is 2.14. The Labute approximate surface area is 126 Å². The fraction of sp³-hybridized carbons (Fsp3) is 0.133. The molecule has 0 aliphatic heterocycles. The summed E-state index contributed by atoms with van der Waals surface area (Å²) in [6.45, 7) is 0.345. The SMILES string of the molecule is COC(=O)c1cccc(N)c1NCc1ccc(F)c(Cl)c1. The number of carbonyl (C=O) groups excluding carboxylic acids is 1. The van der Waals surface area contributed by atoms with E-state index in [1.165, 1.54) is 19.2 Å². The van der Waals surface area contributed by atoms with Crippen molar-refractivity contribution in [2.75, 3.05) is 18.2 Å². The molecule has 0 aliphatic rings. The number of nitrogens with two attached hydrogens (primary N) is 1. The summed E-state index contributed by atoms with van der Waals surface area (Å²) in [5, 5.41) is 3.10. The number of nitrogens with one attached hydrogen (secondary N) is 1. The van der Waals surface area contributed by atoms with Gasteiger partial charge in [-0.15, -0.1) is 0 Å². The number of ether oxygens (including phenoxy) is 1. The standard InChI is InChI=1S/C15H14ClFN2O2/c1-21-15(20)10-3-2-4-13(18)14(10)19-8-9-5-6-12(17)11(16)7-9/h2-7,19H,8,18H2,1H3. The lowest BCUT2D eigenvalue weighted by molar-refractivity contribution is 0.0602. The van der Waals surface area contributed by atoms with Gasteiger partial charge < -0.3 is 15.8 Å². The summed E-state index contributed by atoms with van der Waals surface area (Å²) in [5.41, 5.74) is 7.88. The Kier molecular flexibility index (Phi) is 4.65. The van der Waals surface area contributed by atoms with Crippen LogP contribution in [-0.2, 0) is 11.3 Å². The number of anilines is 2. The summed E-state index contributed by atoms with van der Waals surface area (Å²) in [4.78, 5) is 11.7. The summed E-state index contributed by atoms with van der Waals surface area (Å²) >= 11 is 5.73. The van der Waals surface area contributed by atoms with Crippen LogP contribution >= 0.6 is 11.6 Å². The van der Waals surface area contributed by atoms with Crippen molar-refractivity contribution >= 4 is 28.9 Å². The van der Waals surface area contributed by atoms with Gasteiger partial charge in [-0.25, -0.2) is 9.18 Å². The van der Waals surface area contributed by atoms with Gasteiger partial charge in [-0.2, -0.15) is 0 Å². The lowest BCUT2D eigenvalue weighted by Gasteiger charge is -2.13. The molecule has 21 heavy (non-hydrogen) atoms. The number of hydrogen-bond acceptors (Lipinski definition) is 4. The van der Waals surface area contributed by atoms with Gasteiger partial charge in [0.1, 0.15) is 5.82 Å². The number of esters is 1. The number of benzene rings is 2. The van der Waals surface area contributed by atoms with E-state index in [0.29, 0.717) is 23.5 Å².